The summed E-state index contributed by atoms with van der Waals surface area (Å²) in [5, 5.41) is 2.17. The van der Waals surface area contributed by atoms with Crippen LogP contribution in [0.5, 0.6) is 23.0 Å². The average molecular weight is 499 g/mol. The Kier molecular flexibility index (Phi) is 8.69. The van der Waals surface area contributed by atoms with Crippen LogP contribution < -0.4 is 23.8 Å². The predicted octanol–water partition coefficient (Wildman–Crippen LogP) is 4.62. The van der Waals surface area contributed by atoms with E-state index in [2.05, 4.69) is 4.98 Å². The van der Waals surface area contributed by atoms with E-state index in [0.29, 0.717) is 45.1 Å². The van der Waals surface area contributed by atoms with Crippen molar-refractivity contribution in [1.82, 2.24) is 4.98 Å². The number of carbonyl (C=O) groups is 2. The molecule has 184 valence electrons. The molecule has 9 nitrogen and oxygen atoms in total. The summed E-state index contributed by atoms with van der Waals surface area (Å²) >= 11 is 1.26. The second-order valence-corrected chi connectivity index (χ2v) is 7.87. The number of para-hydroxylation sites is 2. The van der Waals surface area contributed by atoms with Crippen LogP contribution in [-0.4, -0.2) is 45.3 Å². The van der Waals surface area contributed by atoms with E-state index in [1.165, 1.54) is 57.7 Å². The number of amides is 1. The van der Waals surface area contributed by atoms with Gasteiger partial charge < -0.3 is 23.7 Å². The fourth-order valence-electron chi connectivity index (χ4n) is 3.22. The highest BCUT2D eigenvalue weighted by Crippen LogP contribution is 2.36. The van der Waals surface area contributed by atoms with Gasteiger partial charge in [0.05, 0.1) is 39.8 Å². The number of anilines is 2. The number of esters is 1. The SMILES string of the molecule is COc1cc(OC)c(OC)cc1/C=C/C(=O)OCc1csc(N(C(C)=O)c2ccccc2OC)n1. The minimum atomic E-state index is -0.565. The lowest BCUT2D eigenvalue weighted by atomic mass is 10.1. The van der Waals surface area contributed by atoms with E-state index >= 15 is 0 Å². The Hall–Kier alpha value is -4.05. The van der Waals surface area contributed by atoms with Gasteiger partial charge in [0.2, 0.25) is 5.91 Å². The molecule has 0 bridgehead atoms. The molecule has 0 radical (unpaired) electrons. The number of hydrogen-bond acceptors (Lipinski definition) is 9. The standard InChI is InChI=1S/C25H26N2O7S/c1-16(28)27(19-8-6-7-9-20(19)30-2)25-26-18(15-35-25)14-34-24(29)11-10-17-12-22(32-4)23(33-5)13-21(17)31-3/h6-13,15H,14H2,1-5H3/b11-10+. The maximum Gasteiger partial charge on any atom is 0.331 e. The minimum Gasteiger partial charge on any atom is -0.496 e. The zero-order valence-electron chi connectivity index (χ0n) is 20.1. The second kappa shape index (κ2) is 11.9. The molecule has 10 heteroatoms. The third-order valence-electron chi connectivity index (χ3n) is 4.87. The van der Waals surface area contributed by atoms with E-state index in [4.69, 9.17) is 23.7 Å². The van der Waals surface area contributed by atoms with Crippen LogP contribution in [0.25, 0.3) is 6.08 Å². The van der Waals surface area contributed by atoms with Gasteiger partial charge in [-0.25, -0.2) is 9.78 Å². The van der Waals surface area contributed by atoms with Crippen molar-refractivity contribution in [3.05, 3.63) is 59.1 Å². The van der Waals surface area contributed by atoms with Gasteiger partial charge in [-0.3, -0.25) is 9.69 Å². The largest absolute Gasteiger partial charge is 0.496 e. The van der Waals surface area contributed by atoms with Gasteiger partial charge in [0.25, 0.3) is 0 Å². The van der Waals surface area contributed by atoms with Crippen molar-refractivity contribution in [3.8, 4) is 23.0 Å². The van der Waals surface area contributed by atoms with Crippen LogP contribution >= 0.6 is 11.3 Å². The first-order chi connectivity index (χ1) is 16.9. The van der Waals surface area contributed by atoms with E-state index in [0.717, 1.165) is 0 Å². The van der Waals surface area contributed by atoms with Crippen LogP contribution in [0.15, 0.2) is 47.9 Å². The number of carbonyl (C=O) groups excluding carboxylic acids is 2. The van der Waals surface area contributed by atoms with Crippen molar-refractivity contribution in [2.45, 2.75) is 13.5 Å². The van der Waals surface area contributed by atoms with Gasteiger partial charge >= 0.3 is 5.97 Å². The smallest absolute Gasteiger partial charge is 0.331 e. The molecule has 0 N–H and O–H groups in total. The molecule has 0 unspecified atom stereocenters. The van der Waals surface area contributed by atoms with E-state index in [9.17, 15) is 9.59 Å². The summed E-state index contributed by atoms with van der Waals surface area (Å²) in [5.74, 6) is 1.28. The monoisotopic (exact) mass is 498 g/mol. The molecule has 0 aliphatic heterocycles. The summed E-state index contributed by atoms with van der Waals surface area (Å²) in [6.45, 7) is 1.39. The van der Waals surface area contributed by atoms with E-state index in [-0.39, 0.29) is 12.5 Å². The molecular weight excluding hydrogens is 472 g/mol. The second-order valence-electron chi connectivity index (χ2n) is 7.04. The van der Waals surface area contributed by atoms with Crippen molar-refractivity contribution in [1.29, 1.82) is 0 Å². The molecule has 0 aliphatic carbocycles. The third-order valence-corrected chi connectivity index (χ3v) is 5.74. The molecule has 2 aromatic carbocycles. The Bertz CT molecular complexity index is 1220. The fraction of sp³-hybridized carbons (Fsp3) is 0.240. The molecule has 35 heavy (non-hydrogen) atoms. The summed E-state index contributed by atoms with van der Waals surface area (Å²) in [4.78, 5) is 30.6. The lowest BCUT2D eigenvalue weighted by Crippen LogP contribution is -2.23. The van der Waals surface area contributed by atoms with Gasteiger partial charge in [-0.05, 0) is 24.3 Å². The first-order valence-corrected chi connectivity index (χ1v) is 11.3. The molecule has 1 heterocycles. The normalized spacial score (nSPS) is 10.7. The maximum atomic E-state index is 12.4. The number of thiazole rings is 1. The molecule has 3 aromatic rings. The van der Waals surface area contributed by atoms with Crippen molar-refractivity contribution in [3.63, 3.8) is 0 Å². The Labute approximate surface area is 207 Å². The third kappa shape index (κ3) is 6.10. The van der Waals surface area contributed by atoms with Crippen molar-refractivity contribution in [2.24, 2.45) is 0 Å². The number of hydrogen-bond donors (Lipinski definition) is 0. The summed E-state index contributed by atoms with van der Waals surface area (Å²) in [6.07, 6.45) is 2.85. The summed E-state index contributed by atoms with van der Waals surface area (Å²) in [6, 6.07) is 10.5. The molecule has 1 aromatic heterocycles. The zero-order chi connectivity index (χ0) is 25.4. The van der Waals surface area contributed by atoms with Gasteiger partial charge in [0, 0.05) is 30.0 Å². The first kappa shape index (κ1) is 25.6. The number of ether oxygens (including phenoxy) is 5. The van der Waals surface area contributed by atoms with Crippen molar-refractivity contribution in [2.75, 3.05) is 33.3 Å². The van der Waals surface area contributed by atoms with Crippen LogP contribution in [-0.2, 0) is 20.9 Å². The maximum absolute atomic E-state index is 12.4. The van der Waals surface area contributed by atoms with Gasteiger partial charge in [-0.1, -0.05) is 12.1 Å². The van der Waals surface area contributed by atoms with Gasteiger partial charge in [0.1, 0.15) is 18.1 Å². The van der Waals surface area contributed by atoms with E-state index < -0.39 is 5.97 Å². The van der Waals surface area contributed by atoms with Crippen molar-refractivity contribution < 1.29 is 33.3 Å². The molecular formula is C25H26N2O7S. The molecule has 1 amide bonds. The Balaban J connectivity index is 1.70. The highest BCUT2D eigenvalue weighted by atomic mass is 32.1. The van der Waals surface area contributed by atoms with Gasteiger partial charge in [-0.2, -0.15) is 0 Å². The van der Waals surface area contributed by atoms with Crippen LogP contribution in [0.2, 0.25) is 0 Å². The topological polar surface area (TPSA) is 96.4 Å². The molecule has 3 rings (SSSR count). The highest BCUT2D eigenvalue weighted by Gasteiger charge is 2.21. The molecule has 0 spiro atoms. The van der Waals surface area contributed by atoms with E-state index in [1.807, 2.05) is 12.1 Å². The minimum absolute atomic E-state index is 0.0551. The Morgan fingerprint density at radius 2 is 1.60 bits per heavy atom. The molecule has 0 saturated carbocycles. The van der Waals surface area contributed by atoms with Gasteiger partial charge in [0.15, 0.2) is 16.6 Å². The number of aromatic nitrogens is 1. The number of benzene rings is 2. The molecule has 0 aliphatic rings. The summed E-state index contributed by atoms with van der Waals surface area (Å²) in [7, 11) is 6.11. The Morgan fingerprint density at radius 1 is 0.943 bits per heavy atom. The molecule has 0 fully saturated rings. The highest BCUT2D eigenvalue weighted by molar-refractivity contribution is 7.14. The lowest BCUT2D eigenvalue weighted by Gasteiger charge is -2.20. The van der Waals surface area contributed by atoms with Crippen molar-refractivity contribution >= 4 is 40.1 Å². The first-order valence-electron chi connectivity index (χ1n) is 10.4. The molecule has 0 atom stereocenters. The summed E-state index contributed by atoms with van der Waals surface area (Å²) in [5.41, 5.74) is 1.70. The fourth-order valence-corrected chi connectivity index (χ4v) is 4.09. The quantitative estimate of drug-likeness (QED) is 0.295. The van der Waals surface area contributed by atoms with Crippen LogP contribution in [0.3, 0.4) is 0 Å². The zero-order valence-corrected chi connectivity index (χ0v) is 20.9. The Morgan fingerprint density at radius 3 is 2.26 bits per heavy atom. The van der Waals surface area contributed by atoms with Crippen LogP contribution in [0, 0.1) is 0 Å². The predicted molar refractivity (Wildman–Crippen MR) is 133 cm³/mol. The van der Waals surface area contributed by atoms with Crippen LogP contribution in [0.4, 0.5) is 10.8 Å². The number of methoxy groups -OCH3 is 4. The summed E-state index contributed by atoms with van der Waals surface area (Å²) < 4.78 is 26.6. The van der Waals surface area contributed by atoms with Crippen LogP contribution in [0.1, 0.15) is 18.2 Å². The van der Waals surface area contributed by atoms with E-state index in [1.54, 1.807) is 35.7 Å². The van der Waals surface area contributed by atoms with Gasteiger partial charge in [-0.15, -0.1) is 11.3 Å². The number of nitrogens with zero attached hydrogens (tertiary/aromatic N) is 2. The lowest BCUT2D eigenvalue weighted by molar-refractivity contribution is -0.139. The average Bonchev–Trinajstić information content (AvgIpc) is 3.34. The number of rotatable bonds is 10. The molecule has 0 saturated heterocycles.